The lowest BCUT2D eigenvalue weighted by atomic mass is 10.2. The van der Waals surface area contributed by atoms with E-state index < -0.39 is 11.7 Å². The van der Waals surface area contributed by atoms with Crippen LogP contribution in [-0.4, -0.2) is 38.6 Å². The van der Waals surface area contributed by atoms with Crippen molar-refractivity contribution in [2.75, 3.05) is 26.8 Å². The molecule has 7 heteroatoms. The van der Waals surface area contributed by atoms with E-state index in [1.807, 2.05) is 0 Å². The molecule has 0 bridgehead atoms. The molecule has 0 heterocycles. The first kappa shape index (κ1) is 15.6. The number of carbonyl (C=O) groups is 2. The molecular weight excluding hydrogens is 319 g/mol. The van der Waals surface area contributed by atoms with Gasteiger partial charge in [-0.25, -0.2) is 4.39 Å². The number of ether oxygens (including phenoxy) is 1. The molecule has 0 aliphatic heterocycles. The molecule has 0 fully saturated rings. The van der Waals surface area contributed by atoms with Crippen LogP contribution in [0.2, 0.25) is 0 Å². The summed E-state index contributed by atoms with van der Waals surface area (Å²) in [5.74, 6) is -1.37. The summed E-state index contributed by atoms with van der Waals surface area (Å²) in [5, 5.41) is 4.95. The summed E-state index contributed by atoms with van der Waals surface area (Å²) < 4.78 is 18.3. The molecule has 104 valence electrons. The van der Waals surface area contributed by atoms with Gasteiger partial charge in [0.05, 0.1) is 13.2 Å². The zero-order valence-electron chi connectivity index (χ0n) is 10.3. The zero-order valence-corrected chi connectivity index (χ0v) is 11.9. The summed E-state index contributed by atoms with van der Waals surface area (Å²) in [6.07, 6.45) is 0. The van der Waals surface area contributed by atoms with Crippen molar-refractivity contribution in [1.82, 2.24) is 10.6 Å². The van der Waals surface area contributed by atoms with E-state index in [0.717, 1.165) is 6.07 Å². The average molecular weight is 333 g/mol. The molecule has 1 aromatic carbocycles. The van der Waals surface area contributed by atoms with Gasteiger partial charge >= 0.3 is 0 Å². The van der Waals surface area contributed by atoms with E-state index >= 15 is 0 Å². The molecule has 0 atom stereocenters. The van der Waals surface area contributed by atoms with Crippen molar-refractivity contribution in [3.8, 4) is 0 Å². The first-order valence-corrected chi connectivity index (χ1v) is 6.32. The molecular formula is C12H14BrFN2O3. The molecule has 1 rings (SSSR count). The molecule has 0 radical (unpaired) electrons. The summed E-state index contributed by atoms with van der Waals surface area (Å²) in [7, 11) is 1.52. The first-order chi connectivity index (χ1) is 9.02. The topological polar surface area (TPSA) is 67.4 Å². The highest BCUT2D eigenvalue weighted by Gasteiger charge is 2.09. The summed E-state index contributed by atoms with van der Waals surface area (Å²) in [6.45, 7) is 0.601. The van der Waals surface area contributed by atoms with Crippen LogP contribution in [0.25, 0.3) is 0 Å². The lowest BCUT2D eigenvalue weighted by Gasteiger charge is -2.07. The van der Waals surface area contributed by atoms with E-state index in [2.05, 4.69) is 26.6 Å². The standard InChI is InChI=1S/C12H14BrFN2O3/c1-19-3-2-15-11(17)7-16-12(18)8-4-9(13)6-10(14)5-8/h4-6H,2-3,7H2,1H3,(H,15,17)(H,16,18). The van der Waals surface area contributed by atoms with Gasteiger partial charge in [-0.2, -0.15) is 0 Å². The van der Waals surface area contributed by atoms with Gasteiger partial charge in [-0.15, -0.1) is 0 Å². The highest BCUT2D eigenvalue weighted by atomic mass is 79.9. The van der Waals surface area contributed by atoms with E-state index in [0.29, 0.717) is 17.6 Å². The number of hydrogen-bond donors (Lipinski definition) is 2. The summed E-state index contributed by atoms with van der Waals surface area (Å²) in [4.78, 5) is 23.0. The van der Waals surface area contributed by atoms with Crippen molar-refractivity contribution in [1.29, 1.82) is 0 Å². The van der Waals surface area contributed by atoms with Gasteiger partial charge in [0.1, 0.15) is 5.82 Å². The largest absolute Gasteiger partial charge is 0.383 e. The molecule has 0 aromatic heterocycles. The zero-order chi connectivity index (χ0) is 14.3. The van der Waals surface area contributed by atoms with Crippen molar-refractivity contribution in [3.05, 3.63) is 34.1 Å². The van der Waals surface area contributed by atoms with Gasteiger partial charge in [0, 0.05) is 23.7 Å². The van der Waals surface area contributed by atoms with Gasteiger partial charge in [0.2, 0.25) is 5.91 Å². The van der Waals surface area contributed by atoms with E-state index in [9.17, 15) is 14.0 Å². The van der Waals surface area contributed by atoms with Crippen LogP contribution in [0.15, 0.2) is 22.7 Å². The van der Waals surface area contributed by atoms with Gasteiger partial charge in [0.25, 0.3) is 5.91 Å². The number of rotatable bonds is 6. The van der Waals surface area contributed by atoms with E-state index in [4.69, 9.17) is 4.74 Å². The number of methoxy groups -OCH3 is 1. The Morgan fingerprint density at radius 2 is 2.05 bits per heavy atom. The van der Waals surface area contributed by atoms with E-state index in [1.54, 1.807) is 0 Å². The molecule has 0 unspecified atom stereocenters. The predicted molar refractivity (Wildman–Crippen MR) is 71.3 cm³/mol. The van der Waals surface area contributed by atoms with Crippen LogP contribution < -0.4 is 10.6 Å². The molecule has 0 aliphatic rings. The Labute approximate surface area is 118 Å². The number of carbonyl (C=O) groups excluding carboxylic acids is 2. The van der Waals surface area contributed by atoms with Crippen molar-refractivity contribution >= 4 is 27.7 Å². The van der Waals surface area contributed by atoms with Gasteiger partial charge in [-0.3, -0.25) is 9.59 Å². The van der Waals surface area contributed by atoms with Gasteiger partial charge in [-0.1, -0.05) is 15.9 Å². The van der Waals surface area contributed by atoms with E-state index in [1.165, 1.54) is 19.2 Å². The van der Waals surface area contributed by atoms with Gasteiger partial charge in [-0.05, 0) is 18.2 Å². The fraction of sp³-hybridized carbons (Fsp3) is 0.333. The lowest BCUT2D eigenvalue weighted by Crippen LogP contribution is -2.38. The number of amides is 2. The van der Waals surface area contributed by atoms with Crippen LogP contribution in [0, 0.1) is 5.82 Å². The minimum absolute atomic E-state index is 0.150. The minimum Gasteiger partial charge on any atom is -0.383 e. The number of benzene rings is 1. The van der Waals surface area contributed by atoms with Gasteiger partial charge < -0.3 is 15.4 Å². The molecule has 0 saturated heterocycles. The second-order valence-corrected chi connectivity index (χ2v) is 4.60. The Kier molecular flexibility index (Phi) is 6.44. The molecule has 2 N–H and O–H groups in total. The Hall–Kier alpha value is -1.47. The molecule has 2 amide bonds. The second-order valence-electron chi connectivity index (χ2n) is 3.68. The molecule has 5 nitrogen and oxygen atoms in total. The summed E-state index contributed by atoms with van der Waals surface area (Å²) in [5.41, 5.74) is 0.150. The Morgan fingerprint density at radius 3 is 2.68 bits per heavy atom. The monoisotopic (exact) mass is 332 g/mol. The van der Waals surface area contributed by atoms with Crippen LogP contribution in [0.1, 0.15) is 10.4 Å². The lowest BCUT2D eigenvalue weighted by molar-refractivity contribution is -0.120. The summed E-state index contributed by atoms with van der Waals surface area (Å²) >= 11 is 3.09. The fourth-order valence-corrected chi connectivity index (χ4v) is 1.77. The number of hydrogen-bond acceptors (Lipinski definition) is 3. The first-order valence-electron chi connectivity index (χ1n) is 5.53. The van der Waals surface area contributed by atoms with Gasteiger partial charge in [0.15, 0.2) is 0 Å². The second kappa shape index (κ2) is 7.85. The smallest absolute Gasteiger partial charge is 0.251 e. The van der Waals surface area contributed by atoms with Crippen LogP contribution in [0.3, 0.4) is 0 Å². The maximum Gasteiger partial charge on any atom is 0.251 e. The summed E-state index contributed by atoms with van der Waals surface area (Å²) in [6, 6.07) is 3.82. The molecule has 0 aliphatic carbocycles. The maximum absolute atomic E-state index is 13.1. The fourth-order valence-electron chi connectivity index (χ4n) is 1.30. The normalized spacial score (nSPS) is 10.1. The van der Waals surface area contributed by atoms with Crippen LogP contribution in [-0.2, 0) is 9.53 Å². The van der Waals surface area contributed by atoms with Crippen molar-refractivity contribution in [3.63, 3.8) is 0 Å². The average Bonchev–Trinajstić information content (AvgIpc) is 2.35. The Morgan fingerprint density at radius 1 is 1.32 bits per heavy atom. The third-order valence-corrected chi connectivity index (χ3v) is 2.62. The van der Waals surface area contributed by atoms with Crippen molar-refractivity contribution < 1.29 is 18.7 Å². The quantitative estimate of drug-likeness (QED) is 0.766. The number of nitrogens with one attached hydrogen (secondary N) is 2. The van der Waals surface area contributed by atoms with Crippen molar-refractivity contribution in [2.24, 2.45) is 0 Å². The van der Waals surface area contributed by atoms with Crippen molar-refractivity contribution in [2.45, 2.75) is 0 Å². The van der Waals surface area contributed by atoms with Crippen LogP contribution in [0.5, 0.6) is 0 Å². The molecule has 0 saturated carbocycles. The van der Waals surface area contributed by atoms with Crippen LogP contribution in [0.4, 0.5) is 4.39 Å². The third kappa shape index (κ3) is 5.80. The minimum atomic E-state index is -0.524. The third-order valence-electron chi connectivity index (χ3n) is 2.16. The maximum atomic E-state index is 13.1. The number of halogens is 2. The predicted octanol–water partition coefficient (Wildman–Crippen LogP) is 1.08. The Balaban J connectivity index is 2.44. The highest BCUT2D eigenvalue weighted by Crippen LogP contribution is 2.14. The molecule has 1 aromatic rings. The van der Waals surface area contributed by atoms with E-state index in [-0.39, 0.29) is 18.0 Å². The SMILES string of the molecule is COCCNC(=O)CNC(=O)c1cc(F)cc(Br)c1. The Bertz CT molecular complexity index is 448. The molecule has 0 spiro atoms. The van der Waals surface area contributed by atoms with Crippen LogP contribution >= 0.6 is 15.9 Å². The highest BCUT2D eigenvalue weighted by molar-refractivity contribution is 9.10. The molecule has 19 heavy (non-hydrogen) atoms.